The third kappa shape index (κ3) is 2.15. The van der Waals surface area contributed by atoms with Gasteiger partial charge in [-0.2, -0.15) is 5.26 Å². The lowest BCUT2D eigenvalue weighted by Gasteiger charge is -2.31. The Hall–Kier alpha value is -2.32. The Labute approximate surface area is 117 Å². The van der Waals surface area contributed by atoms with Gasteiger partial charge in [0.25, 0.3) is 0 Å². The molecule has 0 fully saturated rings. The number of anilines is 1. The van der Waals surface area contributed by atoms with Crippen molar-refractivity contribution >= 4 is 5.69 Å². The maximum atomic E-state index is 9.92. The molecule has 2 aromatic rings. The van der Waals surface area contributed by atoms with Crippen LogP contribution in [0.3, 0.4) is 0 Å². The number of aliphatic hydroxyl groups is 1. The minimum absolute atomic E-state index is 0.556. The van der Waals surface area contributed by atoms with E-state index < -0.39 is 6.10 Å². The van der Waals surface area contributed by atoms with Gasteiger partial charge >= 0.3 is 0 Å². The molecule has 5 heteroatoms. The van der Waals surface area contributed by atoms with Crippen LogP contribution in [0.25, 0.3) is 0 Å². The molecular formula is C15H16N4O. The highest BCUT2D eigenvalue weighted by Gasteiger charge is 2.21. The van der Waals surface area contributed by atoms with Crippen molar-refractivity contribution in [2.75, 3.05) is 11.4 Å². The number of fused-ring (bicyclic) bond motifs is 1. The van der Waals surface area contributed by atoms with Gasteiger partial charge in [-0.15, -0.1) is 0 Å². The molecule has 2 heterocycles. The van der Waals surface area contributed by atoms with E-state index in [1.54, 1.807) is 19.2 Å². The van der Waals surface area contributed by atoms with Gasteiger partial charge < -0.3 is 14.6 Å². The van der Waals surface area contributed by atoms with Crippen molar-refractivity contribution in [3.63, 3.8) is 0 Å². The Morgan fingerprint density at radius 1 is 1.40 bits per heavy atom. The molecule has 102 valence electrons. The van der Waals surface area contributed by atoms with Crippen LogP contribution in [0.2, 0.25) is 0 Å². The molecule has 0 bridgehead atoms. The number of benzene rings is 1. The first-order chi connectivity index (χ1) is 9.69. The molecule has 0 spiro atoms. The summed E-state index contributed by atoms with van der Waals surface area (Å²) in [5.41, 5.74) is 2.38. The number of imidazole rings is 1. The first-order valence-electron chi connectivity index (χ1n) is 6.66. The first kappa shape index (κ1) is 12.7. The van der Waals surface area contributed by atoms with E-state index in [0.29, 0.717) is 12.1 Å². The summed E-state index contributed by atoms with van der Waals surface area (Å²) in [4.78, 5) is 6.52. The first-order valence-corrected chi connectivity index (χ1v) is 6.66. The van der Waals surface area contributed by atoms with Gasteiger partial charge in [-0.3, -0.25) is 0 Å². The average molecular weight is 268 g/mol. The summed E-state index contributed by atoms with van der Waals surface area (Å²) in [6.45, 7) is 4.15. The normalized spacial score (nSPS) is 15.6. The summed E-state index contributed by atoms with van der Waals surface area (Å²) >= 11 is 0. The van der Waals surface area contributed by atoms with E-state index in [9.17, 15) is 5.11 Å². The van der Waals surface area contributed by atoms with E-state index in [4.69, 9.17) is 5.26 Å². The molecule has 20 heavy (non-hydrogen) atoms. The summed E-state index contributed by atoms with van der Waals surface area (Å²) in [6, 6.07) is 7.58. The molecule has 1 aromatic carbocycles. The van der Waals surface area contributed by atoms with Gasteiger partial charge in [0.1, 0.15) is 5.82 Å². The molecule has 1 aliphatic rings. The number of rotatable bonds is 2. The van der Waals surface area contributed by atoms with Gasteiger partial charge in [0.15, 0.2) is 0 Å². The Morgan fingerprint density at radius 3 is 3.00 bits per heavy atom. The number of hydrogen-bond donors (Lipinski definition) is 1. The smallest absolute Gasteiger partial charge is 0.128 e. The van der Waals surface area contributed by atoms with Crippen LogP contribution in [-0.4, -0.2) is 21.2 Å². The van der Waals surface area contributed by atoms with Crippen LogP contribution < -0.4 is 4.90 Å². The molecule has 0 aliphatic carbocycles. The van der Waals surface area contributed by atoms with Crippen LogP contribution in [0.1, 0.15) is 30.0 Å². The molecule has 1 aromatic heterocycles. The van der Waals surface area contributed by atoms with E-state index in [2.05, 4.69) is 20.5 Å². The highest BCUT2D eigenvalue weighted by molar-refractivity contribution is 5.58. The second kappa shape index (κ2) is 4.99. The Bertz CT molecular complexity index is 669. The zero-order valence-electron chi connectivity index (χ0n) is 11.3. The van der Waals surface area contributed by atoms with Crippen LogP contribution >= 0.6 is 0 Å². The molecule has 5 nitrogen and oxygen atoms in total. The Kier molecular flexibility index (Phi) is 3.17. The van der Waals surface area contributed by atoms with Gasteiger partial charge in [-0.25, -0.2) is 4.98 Å². The van der Waals surface area contributed by atoms with Gasteiger partial charge in [-0.05, 0) is 19.1 Å². The largest absolute Gasteiger partial charge is 0.389 e. The van der Waals surface area contributed by atoms with Crippen LogP contribution in [0.4, 0.5) is 5.69 Å². The highest BCUT2D eigenvalue weighted by Crippen LogP contribution is 2.30. The lowest BCUT2D eigenvalue weighted by molar-refractivity contribution is 0.199. The third-order valence-electron chi connectivity index (χ3n) is 3.70. The van der Waals surface area contributed by atoms with E-state index in [-0.39, 0.29) is 0 Å². The van der Waals surface area contributed by atoms with Gasteiger partial charge in [0.2, 0.25) is 0 Å². The van der Waals surface area contributed by atoms with Crippen LogP contribution in [0.5, 0.6) is 0 Å². The van der Waals surface area contributed by atoms with E-state index in [0.717, 1.165) is 30.2 Å². The summed E-state index contributed by atoms with van der Waals surface area (Å²) in [6.07, 6.45) is 3.23. The number of nitrogens with zero attached hydrogens (tertiary/aromatic N) is 4. The topological polar surface area (TPSA) is 65.1 Å². The van der Waals surface area contributed by atoms with Gasteiger partial charge in [0, 0.05) is 36.7 Å². The predicted octanol–water partition coefficient (Wildman–Crippen LogP) is 1.83. The molecule has 1 atom stereocenters. The number of nitriles is 1. The third-order valence-corrected chi connectivity index (χ3v) is 3.70. The van der Waals surface area contributed by atoms with Crippen LogP contribution in [0, 0.1) is 11.3 Å². The Morgan fingerprint density at radius 2 is 2.25 bits per heavy atom. The SMILES string of the molecule is CC(O)c1ccc(C#N)cc1N1CCn2ccnc2C1. The van der Waals surface area contributed by atoms with E-state index in [1.165, 1.54) is 0 Å². The lowest BCUT2D eigenvalue weighted by atomic mass is 10.0. The summed E-state index contributed by atoms with van der Waals surface area (Å²) < 4.78 is 2.13. The van der Waals surface area contributed by atoms with Crippen molar-refractivity contribution in [1.82, 2.24) is 9.55 Å². The number of aromatic nitrogens is 2. The minimum Gasteiger partial charge on any atom is -0.389 e. The number of hydrogen-bond acceptors (Lipinski definition) is 4. The maximum Gasteiger partial charge on any atom is 0.128 e. The van der Waals surface area contributed by atoms with Crippen LogP contribution in [-0.2, 0) is 13.1 Å². The average Bonchev–Trinajstić information content (AvgIpc) is 2.93. The highest BCUT2D eigenvalue weighted by atomic mass is 16.3. The van der Waals surface area contributed by atoms with Crippen molar-refractivity contribution in [2.45, 2.75) is 26.1 Å². The molecule has 3 rings (SSSR count). The fourth-order valence-corrected chi connectivity index (χ4v) is 2.62. The fraction of sp³-hybridized carbons (Fsp3) is 0.333. The van der Waals surface area contributed by atoms with Crippen molar-refractivity contribution < 1.29 is 5.11 Å². The molecule has 0 saturated heterocycles. The fourth-order valence-electron chi connectivity index (χ4n) is 2.62. The second-order valence-electron chi connectivity index (χ2n) is 5.02. The van der Waals surface area contributed by atoms with E-state index >= 15 is 0 Å². The molecule has 0 radical (unpaired) electrons. The molecule has 1 N–H and O–H groups in total. The summed E-state index contributed by atoms with van der Waals surface area (Å²) in [5, 5.41) is 19.0. The molecule has 0 amide bonds. The van der Waals surface area contributed by atoms with Crippen molar-refractivity contribution in [1.29, 1.82) is 5.26 Å². The van der Waals surface area contributed by atoms with E-state index in [1.807, 2.05) is 18.3 Å². The van der Waals surface area contributed by atoms with Crippen molar-refractivity contribution in [3.8, 4) is 6.07 Å². The summed E-state index contributed by atoms with van der Waals surface area (Å²) in [5.74, 6) is 1.01. The second-order valence-corrected chi connectivity index (χ2v) is 5.02. The van der Waals surface area contributed by atoms with Gasteiger partial charge in [0.05, 0.1) is 24.3 Å². The quantitative estimate of drug-likeness (QED) is 0.902. The monoisotopic (exact) mass is 268 g/mol. The molecule has 1 unspecified atom stereocenters. The Balaban J connectivity index is 1.99. The summed E-state index contributed by atoms with van der Waals surface area (Å²) in [7, 11) is 0. The zero-order valence-corrected chi connectivity index (χ0v) is 11.3. The van der Waals surface area contributed by atoms with Crippen molar-refractivity contribution in [2.24, 2.45) is 0 Å². The number of aliphatic hydroxyl groups excluding tert-OH is 1. The predicted molar refractivity (Wildman–Crippen MR) is 75.1 cm³/mol. The standard InChI is InChI=1S/C15H16N4O/c1-11(20)13-3-2-12(9-16)8-14(13)19-7-6-18-5-4-17-15(18)10-19/h2-5,8,11,20H,6-7,10H2,1H3. The molecule has 1 aliphatic heterocycles. The minimum atomic E-state index is -0.556. The van der Waals surface area contributed by atoms with Crippen LogP contribution in [0.15, 0.2) is 30.6 Å². The molecular weight excluding hydrogens is 252 g/mol. The lowest BCUT2D eigenvalue weighted by Crippen LogP contribution is -2.34. The maximum absolute atomic E-state index is 9.92. The zero-order chi connectivity index (χ0) is 14.1. The molecule has 0 saturated carbocycles. The van der Waals surface area contributed by atoms with Gasteiger partial charge in [-0.1, -0.05) is 6.07 Å². The van der Waals surface area contributed by atoms with Crippen molar-refractivity contribution in [3.05, 3.63) is 47.5 Å².